The third-order valence-electron chi connectivity index (χ3n) is 0.638. The molecule has 0 aliphatic carbocycles. The van der Waals surface area contributed by atoms with Crippen LogP contribution in [-0.4, -0.2) is 23.1 Å². The minimum atomic E-state index is 0. The first-order valence-electron chi connectivity index (χ1n) is 2.56. The van der Waals surface area contributed by atoms with E-state index in [9.17, 15) is 0 Å². The zero-order valence-electron chi connectivity index (χ0n) is 6.03. The fourth-order valence-electron chi connectivity index (χ4n) is 0.333. The minimum Gasteiger partial charge on any atom is -1.00 e. The molecule has 0 unspecified atom stereocenters. The van der Waals surface area contributed by atoms with E-state index in [2.05, 4.69) is 26.0 Å². The molecule has 0 rings (SSSR count). The van der Waals surface area contributed by atoms with Gasteiger partial charge >= 0.3 is 23.1 Å². The van der Waals surface area contributed by atoms with Crippen LogP contribution in [0.3, 0.4) is 0 Å². The van der Waals surface area contributed by atoms with Crippen molar-refractivity contribution in [2.45, 2.75) is 26.7 Å². The van der Waals surface area contributed by atoms with E-state index in [1.54, 1.807) is 0 Å². The summed E-state index contributed by atoms with van der Waals surface area (Å²) in [6, 6.07) is 0. The molecular formula is C6H12Cl2Mg. The van der Waals surface area contributed by atoms with Gasteiger partial charge in [0.2, 0.25) is 0 Å². The molecule has 0 aliphatic rings. The van der Waals surface area contributed by atoms with Crippen molar-refractivity contribution in [2.75, 3.05) is 0 Å². The maximum atomic E-state index is 2.18. The predicted octanol–water partition coefficient (Wildman–Crippen LogP) is -4.01. The Kier molecular flexibility index (Phi) is 57.4. The molecule has 0 amide bonds. The van der Waals surface area contributed by atoms with Crippen LogP contribution in [0.1, 0.15) is 26.7 Å². The molecule has 0 atom stereocenters. The van der Waals surface area contributed by atoms with Crippen molar-refractivity contribution in [2.24, 2.45) is 0 Å². The summed E-state index contributed by atoms with van der Waals surface area (Å²) in [5, 5.41) is 0. The van der Waals surface area contributed by atoms with Crippen LogP contribution in [0.2, 0.25) is 0 Å². The molecule has 0 N–H and O–H groups in total. The van der Waals surface area contributed by atoms with Gasteiger partial charge in [-0.25, -0.2) is 0 Å². The Bertz CT molecular complexity index is 40.3. The number of halogens is 2. The summed E-state index contributed by atoms with van der Waals surface area (Å²) < 4.78 is 0. The van der Waals surface area contributed by atoms with E-state index in [4.69, 9.17) is 0 Å². The van der Waals surface area contributed by atoms with E-state index >= 15 is 0 Å². The van der Waals surface area contributed by atoms with E-state index in [0.717, 1.165) is 0 Å². The topological polar surface area (TPSA) is 0 Å². The zero-order chi connectivity index (χ0) is 4.83. The molecule has 0 fully saturated rings. The largest absolute Gasteiger partial charge is 2.00 e. The fourth-order valence-corrected chi connectivity index (χ4v) is 0.333. The van der Waals surface area contributed by atoms with Crippen molar-refractivity contribution in [1.29, 1.82) is 0 Å². The van der Waals surface area contributed by atoms with E-state index in [1.165, 1.54) is 12.8 Å². The van der Waals surface area contributed by atoms with Gasteiger partial charge in [-0.05, 0) is 12.8 Å². The second kappa shape index (κ2) is 23.0. The predicted molar refractivity (Wildman–Crippen MR) is 35.5 cm³/mol. The Morgan fingerprint density at radius 2 is 1.11 bits per heavy atom. The van der Waals surface area contributed by atoms with E-state index < -0.39 is 0 Å². The molecule has 0 saturated carbocycles. The summed E-state index contributed by atoms with van der Waals surface area (Å²) in [5.74, 6) is 0. The summed E-state index contributed by atoms with van der Waals surface area (Å²) in [6.45, 7) is 4.29. The van der Waals surface area contributed by atoms with Crippen LogP contribution in [0.5, 0.6) is 0 Å². The van der Waals surface area contributed by atoms with Crippen molar-refractivity contribution in [1.82, 2.24) is 0 Å². The standard InChI is InChI=1S/C6H12.2ClH.Mg/c1-3-5-6-4-2;;;/h5-6H,3-4H2,1-2H3;2*1H;/q;;;+2/p-2/b6-5-;;;. The molecule has 52 valence electrons. The summed E-state index contributed by atoms with van der Waals surface area (Å²) >= 11 is 0. The molecule has 0 bridgehead atoms. The SMILES string of the molecule is CC/C=C\CC.[Cl-].[Cl-].[Mg+2]. The van der Waals surface area contributed by atoms with Gasteiger partial charge in [0.1, 0.15) is 0 Å². The number of hydrogen-bond donors (Lipinski definition) is 0. The van der Waals surface area contributed by atoms with Crippen LogP contribution in [-0.2, 0) is 0 Å². The van der Waals surface area contributed by atoms with E-state index in [0.29, 0.717) is 0 Å². The van der Waals surface area contributed by atoms with Crippen LogP contribution in [0.4, 0.5) is 0 Å². The average molecular weight is 179 g/mol. The molecule has 3 heteroatoms. The minimum absolute atomic E-state index is 0. The van der Waals surface area contributed by atoms with E-state index in [-0.39, 0.29) is 47.9 Å². The van der Waals surface area contributed by atoms with Crippen LogP contribution >= 0.6 is 0 Å². The summed E-state index contributed by atoms with van der Waals surface area (Å²) in [7, 11) is 0. The molecule has 0 aromatic rings. The van der Waals surface area contributed by atoms with Crippen LogP contribution in [0, 0.1) is 0 Å². The van der Waals surface area contributed by atoms with E-state index in [1.807, 2.05) is 0 Å². The van der Waals surface area contributed by atoms with Gasteiger partial charge in [0, 0.05) is 0 Å². The first-order chi connectivity index (χ1) is 2.91. The molecule has 0 spiro atoms. The Balaban J connectivity index is -0.0000000417. The first kappa shape index (κ1) is 22.5. The van der Waals surface area contributed by atoms with Crippen molar-refractivity contribution in [3.8, 4) is 0 Å². The Labute approximate surface area is 86.5 Å². The third kappa shape index (κ3) is 27.3. The molecule has 9 heavy (non-hydrogen) atoms. The smallest absolute Gasteiger partial charge is 1.00 e. The molecule has 0 aromatic heterocycles. The average Bonchev–Trinajstić information content (AvgIpc) is 1.61. The van der Waals surface area contributed by atoms with Gasteiger partial charge in [0.15, 0.2) is 0 Å². The summed E-state index contributed by atoms with van der Waals surface area (Å²) in [5.41, 5.74) is 0. The van der Waals surface area contributed by atoms with Gasteiger partial charge in [0.25, 0.3) is 0 Å². The molecular weight excluding hydrogens is 167 g/mol. The Hall–Kier alpha value is 1.09. The normalized spacial score (nSPS) is 6.89. The summed E-state index contributed by atoms with van der Waals surface area (Å²) in [6.07, 6.45) is 6.71. The van der Waals surface area contributed by atoms with Gasteiger partial charge in [-0.2, -0.15) is 0 Å². The number of allylic oxidation sites excluding steroid dienone is 2. The molecule has 0 aliphatic heterocycles. The van der Waals surface area contributed by atoms with Crippen molar-refractivity contribution in [3.63, 3.8) is 0 Å². The third-order valence-corrected chi connectivity index (χ3v) is 0.638. The molecule has 0 aromatic carbocycles. The van der Waals surface area contributed by atoms with Crippen molar-refractivity contribution < 1.29 is 24.8 Å². The maximum Gasteiger partial charge on any atom is 2.00 e. The Morgan fingerprint density at radius 3 is 1.22 bits per heavy atom. The second-order valence-corrected chi connectivity index (χ2v) is 1.29. The van der Waals surface area contributed by atoms with Gasteiger partial charge in [0.05, 0.1) is 0 Å². The van der Waals surface area contributed by atoms with Gasteiger partial charge in [-0.3, -0.25) is 0 Å². The zero-order valence-corrected chi connectivity index (χ0v) is 8.96. The molecule has 0 nitrogen and oxygen atoms in total. The number of rotatable bonds is 2. The van der Waals surface area contributed by atoms with Crippen molar-refractivity contribution in [3.05, 3.63) is 12.2 Å². The fraction of sp³-hybridized carbons (Fsp3) is 0.667. The quantitative estimate of drug-likeness (QED) is 0.299. The van der Waals surface area contributed by atoms with Gasteiger partial charge in [-0.15, -0.1) is 0 Å². The first-order valence-corrected chi connectivity index (χ1v) is 2.56. The van der Waals surface area contributed by atoms with Crippen LogP contribution < -0.4 is 24.8 Å². The number of hydrogen-bond acceptors (Lipinski definition) is 0. The molecule has 0 saturated heterocycles. The van der Waals surface area contributed by atoms with Gasteiger partial charge in [-0.1, -0.05) is 26.0 Å². The van der Waals surface area contributed by atoms with Crippen molar-refractivity contribution >= 4 is 23.1 Å². The second-order valence-electron chi connectivity index (χ2n) is 1.29. The van der Waals surface area contributed by atoms with Crippen LogP contribution in [0.15, 0.2) is 12.2 Å². The monoisotopic (exact) mass is 178 g/mol. The van der Waals surface area contributed by atoms with Crippen LogP contribution in [0.25, 0.3) is 0 Å². The molecule has 0 heterocycles. The summed E-state index contributed by atoms with van der Waals surface area (Å²) in [4.78, 5) is 0. The van der Waals surface area contributed by atoms with Gasteiger partial charge < -0.3 is 24.8 Å². The Morgan fingerprint density at radius 1 is 0.889 bits per heavy atom. The maximum absolute atomic E-state index is 2.18. The molecule has 0 radical (unpaired) electrons.